The van der Waals surface area contributed by atoms with E-state index in [0.29, 0.717) is 6.04 Å². The van der Waals surface area contributed by atoms with Crippen LogP contribution in [0.5, 0.6) is 0 Å². The maximum atomic E-state index is 6.32. The summed E-state index contributed by atoms with van der Waals surface area (Å²) in [6.45, 7) is 0. The first-order chi connectivity index (χ1) is 11.6. The molecular formula is C20H28INOS2. The van der Waals surface area contributed by atoms with Gasteiger partial charge in [0.1, 0.15) is 5.60 Å². The molecule has 2 aliphatic rings. The number of rotatable bonds is 5. The summed E-state index contributed by atoms with van der Waals surface area (Å²) in [5.41, 5.74) is -0.278. The molecule has 3 heterocycles. The van der Waals surface area contributed by atoms with Gasteiger partial charge in [-0.05, 0) is 41.7 Å². The number of piperidine rings is 1. The van der Waals surface area contributed by atoms with Crippen molar-refractivity contribution in [1.29, 1.82) is 0 Å². The molecule has 0 spiro atoms. The summed E-state index contributed by atoms with van der Waals surface area (Å²) >= 11 is 3.67. The molecule has 2 nitrogen and oxygen atoms in total. The molecule has 5 heteroatoms. The van der Waals surface area contributed by atoms with Gasteiger partial charge in [0.05, 0.1) is 26.2 Å². The smallest absolute Gasteiger partial charge is 0.141 e. The van der Waals surface area contributed by atoms with Crippen LogP contribution in [-0.2, 0) is 10.3 Å². The highest BCUT2D eigenvalue weighted by molar-refractivity contribution is 7.11. The highest BCUT2D eigenvalue weighted by Gasteiger charge is 2.51. The lowest BCUT2D eigenvalue weighted by molar-refractivity contribution is -0.943. The first kappa shape index (κ1) is 19.8. The Hall–Kier alpha value is 0.0500. The van der Waals surface area contributed by atoms with E-state index in [1.54, 1.807) is 0 Å². The molecule has 1 saturated carbocycles. The topological polar surface area (TPSA) is 9.23 Å². The molecule has 0 aromatic carbocycles. The Labute approximate surface area is 176 Å². The Morgan fingerprint density at radius 3 is 2.24 bits per heavy atom. The number of halogens is 1. The van der Waals surface area contributed by atoms with E-state index in [4.69, 9.17) is 4.74 Å². The van der Waals surface area contributed by atoms with E-state index >= 15 is 0 Å². The molecule has 1 saturated heterocycles. The van der Waals surface area contributed by atoms with Crippen LogP contribution < -0.4 is 24.0 Å². The zero-order valence-corrected chi connectivity index (χ0v) is 19.1. The van der Waals surface area contributed by atoms with E-state index < -0.39 is 0 Å². The minimum Gasteiger partial charge on any atom is -1.00 e. The molecule has 0 amide bonds. The Kier molecular flexibility index (Phi) is 6.01. The van der Waals surface area contributed by atoms with Crippen LogP contribution in [-0.4, -0.2) is 37.8 Å². The van der Waals surface area contributed by atoms with Crippen molar-refractivity contribution < 1.29 is 33.2 Å². The van der Waals surface area contributed by atoms with E-state index in [1.165, 1.54) is 39.9 Å². The number of hydrogen-bond donors (Lipinski definition) is 0. The normalized spacial score (nSPS) is 27.9. The van der Waals surface area contributed by atoms with Crippen LogP contribution in [0.15, 0.2) is 35.0 Å². The van der Waals surface area contributed by atoms with Gasteiger partial charge in [0.25, 0.3) is 0 Å². The molecule has 4 rings (SSSR count). The summed E-state index contributed by atoms with van der Waals surface area (Å²) in [7, 11) is 6.82. The zero-order chi connectivity index (χ0) is 16.8. The standard InChI is InChI=1S/C20H28NOS2.HI/c1-21(2)16-9-8-15(12-16)13-17(21)14-20(22-3,18-6-4-10-23-18)19-7-5-11-24-19;/h4-7,10-11,15-17H,8-9,12-14H2,1-3H3;1H/q+1;/p-1. The Bertz CT molecular complexity index is 634. The van der Waals surface area contributed by atoms with Crippen LogP contribution in [0.1, 0.15) is 41.9 Å². The van der Waals surface area contributed by atoms with Gasteiger partial charge in [0.15, 0.2) is 0 Å². The molecule has 3 unspecified atom stereocenters. The molecule has 2 fully saturated rings. The van der Waals surface area contributed by atoms with E-state index in [9.17, 15) is 0 Å². The number of nitrogens with zero attached hydrogens (tertiary/aromatic N) is 1. The average Bonchev–Trinajstić information content (AvgIpc) is 3.32. The molecule has 1 aliphatic carbocycles. The minimum atomic E-state index is -0.278. The molecule has 138 valence electrons. The van der Waals surface area contributed by atoms with Crippen LogP contribution in [0.2, 0.25) is 0 Å². The molecule has 0 N–H and O–H groups in total. The minimum absolute atomic E-state index is 0. The van der Waals surface area contributed by atoms with Crippen LogP contribution >= 0.6 is 22.7 Å². The average molecular weight is 489 g/mol. The van der Waals surface area contributed by atoms with Crippen molar-refractivity contribution in [2.45, 2.75) is 49.8 Å². The molecule has 2 bridgehead atoms. The van der Waals surface area contributed by atoms with E-state index in [0.717, 1.165) is 18.4 Å². The summed E-state index contributed by atoms with van der Waals surface area (Å²) in [5, 5.41) is 4.36. The molecule has 2 aromatic rings. The van der Waals surface area contributed by atoms with Crippen molar-refractivity contribution in [3.63, 3.8) is 0 Å². The van der Waals surface area contributed by atoms with Crippen molar-refractivity contribution >= 4 is 22.7 Å². The monoisotopic (exact) mass is 489 g/mol. The predicted molar refractivity (Wildman–Crippen MR) is 103 cm³/mol. The van der Waals surface area contributed by atoms with Gasteiger partial charge in [-0.15, -0.1) is 22.7 Å². The molecule has 3 atom stereocenters. The van der Waals surface area contributed by atoms with Crippen LogP contribution in [0.25, 0.3) is 0 Å². The fraction of sp³-hybridized carbons (Fsp3) is 0.600. The van der Waals surface area contributed by atoms with Gasteiger partial charge in [-0.3, -0.25) is 0 Å². The number of likely N-dealkylation sites (tertiary alicyclic amines) is 1. The predicted octanol–water partition coefficient (Wildman–Crippen LogP) is 2.11. The number of ether oxygens (including phenoxy) is 1. The van der Waals surface area contributed by atoms with Gasteiger partial charge in [-0.1, -0.05) is 12.1 Å². The summed E-state index contributed by atoms with van der Waals surface area (Å²) in [6.07, 6.45) is 6.71. The molecule has 2 aromatic heterocycles. The van der Waals surface area contributed by atoms with Gasteiger partial charge in [-0.2, -0.15) is 0 Å². The summed E-state index contributed by atoms with van der Waals surface area (Å²) in [6, 6.07) is 10.3. The van der Waals surface area contributed by atoms with Gasteiger partial charge < -0.3 is 33.2 Å². The van der Waals surface area contributed by atoms with E-state index in [-0.39, 0.29) is 29.6 Å². The SMILES string of the molecule is COC(CC1CC2CCC(C2)[N+]1(C)C)(c1cccs1)c1cccs1.[I-]. The fourth-order valence-electron chi connectivity index (χ4n) is 5.10. The maximum Gasteiger partial charge on any atom is 0.141 e. The Morgan fingerprint density at radius 1 is 1.08 bits per heavy atom. The summed E-state index contributed by atoms with van der Waals surface area (Å²) in [4.78, 5) is 2.70. The molecule has 1 aliphatic heterocycles. The third-order valence-electron chi connectivity index (χ3n) is 6.71. The van der Waals surface area contributed by atoms with Crippen molar-refractivity contribution in [3.05, 3.63) is 44.8 Å². The summed E-state index contributed by atoms with van der Waals surface area (Å²) in [5.74, 6) is 0.937. The van der Waals surface area contributed by atoms with Crippen LogP contribution in [0, 0.1) is 5.92 Å². The second kappa shape index (κ2) is 7.58. The lowest BCUT2D eigenvalue weighted by atomic mass is 9.82. The maximum absolute atomic E-state index is 6.32. The van der Waals surface area contributed by atoms with Crippen LogP contribution in [0.4, 0.5) is 0 Å². The van der Waals surface area contributed by atoms with Gasteiger partial charge >= 0.3 is 0 Å². The van der Waals surface area contributed by atoms with Gasteiger partial charge in [-0.25, -0.2) is 0 Å². The highest BCUT2D eigenvalue weighted by atomic mass is 127. The van der Waals surface area contributed by atoms with Gasteiger partial charge in [0.2, 0.25) is 0 Å². The van der Waals surface area contributed by atoms with Crippen molar-refractivity contribution in [2.24, 2.45) is 5.92 Å². The number of methoxy groups -OCH3 is 1. The lowest BCUT2D eigenvalue weighted by Gasteiger charge is -2.49. The number of hydrogen-bond acceptors (Lipinski definition) is 3. The number of thiophene rings is 2. The number of quaternary nitrogens is 1. The Morgan fingerprint density at radius 2 is 1.72 bits per heavy atom. The fourth-order valence-corrected chi connectivity index (χ4v) is 7.02. The van der Waals surface area contributed by atoms with Crippen molar-refractivity contribution in [2.75, 3.05) is 21.2 Å². The second-order valence-corrected chi connectivity index (χ2v) is 9.94. The highest BCUT2D eigenvalue weighted by Crippen LogP contribution is 2.49. The Balaban J connectivity index is 0.00000182. The summed E-state index contributed by atoms with van der Waals surface area (Å²) < 4.78 is 7.49. The third kappa shape index (κ3) is 3.35. The van der Waals surface area contributed by atoms with Crippen molar-refractivity contribution in [3.8, 4) is 0 Å². The van der Waals surface area contributed by atoms with Gasteiger partial charge in [0, 0.05) is 36.1 Å². The van der Waals surface area contributed by atoms with E-state index in [2.05, 4.69) is 49.1 Å². The molecule has 0 radical (unpaired) electrons. The largest absolute Gasteiger partial charge is 1.00 e. The second-order valence-electron chi connectivity index (χ2n) is 8.04. The van der Waals surface area contributed by atoms with Crippen molar-refractivity contribution in [1.82, 2.24) is 0 Å². The first-order valence-corrected chi connectivity index (χ1v) is 10.8. The molecule has 25 heavy (non-hydrogen) atoms. The third-order valence-corrected chi connectivity index (χ3v) is 8.74. The quantitative estimate of drug-likeness (QED) is 0.462. The lowest BCUT2D eigenvalue weighted by Crippen LogP contribution is -3.00. The van der Waals surface area contributed by atoms with E-state index in [1.807, 2.05) is 29.8 Å². The first-order valence-electron chi connectivity index (χ1n) is 9.02. The number of fused-ring (bicyclic) bond motifs is 2. The zero-order valence-electron chi connectivity index (χ0n) is 15.3. The molecular weight excluding hydrogens is 461 g/mol. The van der Waals surface area contributed by atoms with Crippen LogP contribution in [0.3, 0.4) is 0 Å².